The number of nitrogens with one attached hydrogen (secondary N) is 1. The second-order valence-corrected chi connectivity index (χ2v) is 3.78. The molecule has 0 heterocycles. The van der Waals surface area contributed by atoms with Gasteiger partial charge in [0.15, 0.2) is 0 Å². The van der Waals surface area contributed by atoms with Crippen LogP contribution in [0.2, 0.25) is 0 Å². The van der Waals surface area contributed by atoms with Gasteiger partial charge in [-0.15, -0.1) is 0 Å². The van der Waals surface area contributed by atoms with E-state index in [4.69, 9.17) is 4.74 Å². The van der Waals surface area contributed by atoms with Crippen molar-refractivity contribution in [3.8, 4) is 11.5 Å². The molecule has 0 aromatic heterocycles. The monoisotopic (exact) mass is 262 g/mol. The van der Waals surface area contributed by atoms with E-state index in [0.29, 0.717) is 5.69 Å². The van der Waals surface area contributed by atoms with E-state index in [1.165, 1.54) is 30.3 Å². The first-order valence-corrected chi connectivity index (χ1v) is 5.49. The highest BCUT2D eigenvalue weighted by Gasteiger charge is 2.10. The molecular formula is C13H11FN2O3. The molecule has 0 unspecified atom stereocenters. The zero-order chi connectivity index (χ0) is 13.8. The Labute approximate surface area is 108 Å². The number of hydrogen-bond acceptors (Lipinski definition) is 4. The predicted molar refractivity (Wildman–Crippen MR) is 69.1 cm³/mol. The summed E-state index contributed by atoms with van der Waals surface area (Å²) in [6.07, 6.45) is 0. The van der Waals surface area contributed by atoms with Gasteiger partial charge >= 0.3 is 0 Å². The summed E-state index contributed by atoms with van der Waals surface area (Å²) in [4.78, 5) is 10.3. The minimum atomic E-state index is -0.515. The van der Waals surface area contributed by atoms with E-state index in [0.717, 1.165) is 0 Å². The smallest absolute Gasteiger partial charge is 0.275 e. The van der Waals surface area contributed by atoms with Crippen molar-refractivity contribution in [2.45, 2.75) is 0 Å². The van der Waals surface area contributed by atoms with Crippen molar-refractivity contribution in [1.82, 2.24) is 0 Å². The van der Waals surface area contributed by atoms with Crippen LogP contribution < -0.4 is 10.1 Å². The Balaban J connectivity index is 2.34. The average Bonchev–Trinajstić information content (AvgIpc) is 2.38. The number of non-ortho nitro benzene ring substituents is 1. The molecule has 0 saturated heterocycles. The lowest BCUT2D eigenvalue weighted by atomic mass is 10.2. The van der Waals surface area contributed by atoms with Crippen LogP contribution in [-0.4, -0.2) is 12.0 Å². The third-order valence-electron chi connectivity index (χ3n) is 2.42. The average molecular weight is 262 g/mol. The van der Waals surface area contributed by atoms with Crippen LogP contribution in [0.4, 0.5) is 15.8 Å². The summed E-state index contributed by atoms with van der Waals surface area (Å²) in [7, 11) is 1.64. The topological polar surface area (TPSA) is 64.4 Å². The van der Waals surface area contributed by atoms with Gasteiger partial charge in [-0.2, -0.15) is 0 Å². The van der Waals surface area contributed by atoms with Crippen molar-refractivity contribution in [3.05, 3.63) is 58.4 Å². The van der Waals surface area contributed by atoms with Crippen LogP contribution >= 0.6 is 0 Å². The summed E-state index contributed by atoms with van der Waals surface area (Å²) in [6, 6.07) is 9.83. The molecule has 0 radical (unpaired) electrons. The summed E-state index contributed by atoms with van der Waals surface area (Å²) in [5.41, 5.74) is 0.443. The Morgan fingerprint density at radius 2 is 2.00 bits per heavy atom. The molecule has 0 atom stereocenters. The van der Waals surface area contributed by atoms with E-state index in [-0.39, 0.29) is 17.2 Å². The molecule has 0 amide bonds. The molecule has 0 saturated carbocycles. The molecule has 2 rings (SSSR count). The second-order valence-electron chi connectivity index (χ2n) is 3.78. The zero-order valence-electron chi connectivity index (χ0n) is 10.1. The molecule has 2 aromatic rings. The quantitative estimate of drug-likeness (QED) is 0.675. The van der Waals surface area contributed by atoms with Gasteiger partial charge in [0.1, 0.15) is 17.3 Å². The highest BCUT2D eigenvalue weighted by Crippen LogP contribution is 2.29. The number of ether oxygens (including phenoxy) is 1. The van der Waals surface area contributed by atoms with Gasteiger partial charge in [0.2, 0.25) is 0 Å². The summed E-state index contributed by atoms with van der Waals surface area (Å²) < 4.78 is 18.4. The molecule has 5 nitrogen and oxygen atoms in total. The van der Waals surface area contributed by atoms with Gasteiger partial charge < -0.3 is 10.1 Å². The van der Waals surface area contributed by atoms with E-state index in [9.17, 15) is 14.5 Å². The van der Waals surface area contributed by atoms with Crippen molar-refractivity contribution in [1.29, 1.82) is 0 Å². The molecule has 6 heteroatoms. The molecule has 0 aliphatic carbocycles. The van der Waals surface area contributed by atoms with E-state index >= 15 is 0 Å². The Bertz CT molecular complexity index is 617. The zero-order valence-corrected chi connectivity index (χ0v) is 10.1. The van der Waals surface area contributed by atoms with Gasteiger partial charge in [-0.1, -0.05) is 6.07 Å². The highest BCUT2D eigenvalue weighted by molar-refractivity contribution is 5.56. The van der Waals surface area contributed by atoms with Crippen LogP contribution in [0.5, 0.6) is 11.5 Å². The number of halogens is 1. The van der Waals surface area contributed by atoms with Crippen molar-refractivity contribution in [2.24, 2.45) is 0 Å². The van der Waals surface area contributed by atoms with E-state index in [1.807, 2.05) is 0 Å². The van der Waals surface area contributed by atoms with Crippen LogP contribution in [0.3, 0.4) is 0 Å². The van der Waals surface area contributed by atoms with Gasteiger partial charge in [0.25, 0.3) is 5.69 Å². The minimum absolute atomic E-state index is 0.0988. The lowest BCUT2D eigenvalue weighted by Crippen LogP contribution is -1.94. The number of nitro benzene ring substituents is 1. The Hall–Kier alpha value is -2.63. The van der Waals surface area contributed by atoms with E-state index in [2.05, 4.69) is 5.32 Å². The first-order chi connectivity index (χ1) is 9.08. The van der Waals surface area contributed by atoms with E-state index < -0.39 is 10.7 Å². The number of hydrogen-bond donors (Lipinski definition) is 1. The highest BCUT2D eigenvalue weighted by atomic mass is 19.1. The van der Waals surface area contributed by atoms with Crippen molar-refractivity contribution in [2.75, 3.05) is 12.4 Å². The number of anilines is 1. The molecule has 19 heavy (non-hydrogen) atoms. The van der Waals surface area contributed by atoms with Gasteiger partial charge in [0.05, 0.1) is 11.0 Å². The molecule has 2 aromatic carbocycles. The number of nitrogens with zero attached hydrogens (tertiary/aromatic N) is 1. The summed E-state index contributed by atoms with van der Waals surface area (Å²) in [5, 5.41) is 13.6. The van der Waals surface area contributed by atoms with Crippen molar-refractivity contribution in [3.63, 3.8) is 0 Å². The number of nitro groups is 1. The van der Waals surface area contributed by atoms with Crippen LogP contribution in [0, 0.1) is 15.9 Å². The maximum atomic E-state index is 13.0. The van der Waals surface area contributed by atoms with Gasteiger partial charge in [-0.3, -0.25) is 10.1 Å². The fourth-order valence-electron chi connectivity index (χ4n) is 1.56. The maximum Gasteiger partial charge on any atom is 0.275 e. The molecule has 0 aliphatic rings. The fraction of sp³-hybridized carbons (Fsp3) is 0.0769. The van der Waals surface area contributed by atoms with Crippen LogP contribution in [-0.2, 0) is 0 Å². The number of benzene rings is 2. The molecule has 0 fully saturated rings. The lowest BCUT2D eigenvalue weighted by Gasteiger charge is -2.08. The molecule has 0 aliphatic heterocycles. The van der Waals surface area contributed by atoms with Crippen molar-refractivity contribution < 1.29 is 14.1 Å². The van der Waals surface area contributed by atoms with Crippen molar-refractivity contribution >= 4 is 11.4 Å². The molecular weight excluding hydrogens is 251 g/mol. The molecule has 1 N–H and O–H groups in total. The minimum Gasteiger partial charge on any atom is -0.457 e. The normalized spacial score (nSPS) is 10.0. The Morgan fingerprint density at radius 1 is 1.21 bits per heavy atom. The van der Waals surface area contributed by atoms with Gasteiger partial charge in [0, 0.05) is 30.9 Å². The van der Waals surface area contributed by atoms with Crippen LogP contribution in [0.1, 0.15) is 0 Å². The predicted octanol–water partition coefficient (Wildman–Crippen LogP) is 3.57. The van der Waals surface area contributed by atoms with Crippen LogP contribution in [0.15, 0.2) is 42.5 Å². The molecule has 0 bridgehead atoms. The van der Waals surface area contributed by atoms with Crippen LogP contribution in [0.25, 0.3) is 0 Å². The SMILES string of the molecule is CNc1cc(Oc2cccc(F)c2)cc([N+](=O)[O-])c1. The summed E-state index contributed by atoms with van der Waals surface area (Å²) in [6.45, 7) is 0. The van der Waals surface area contributed by atoms with E-state index in [1.54, 1.807) is 19.2 Å². The number of rotatable bonds is 4. The van der Waals surface area contributed by atoms with Gasteiger partial charge in [-0.25, -0.2) is 4.39 Å². The molecule has 98 valence electrons. The first kappa shape index (κ1) is 12.8. The third kappa shape index (κ3) is 3.19. The first-order valence-electron chi connectivity index (χ1n) is 5.49. The largest absolute Gasteiger partial charge is 0.457 e. The maximum absolute atomic E-state index is 13.0. The Kier molecular flexibility index (Phi) is 3.61. The third-order valence-corrected chi connectivity index (χ3v) is 2.42. The van der Waals surface area contributed by atoms with Gasteiger partial charge in [-0.05, 0) is 12.1 Å². The second kappa shape index (κ2) is 5.34. The molecule has 0 spiro atoms. The Morgan fingerprint density at radius 3 is 2.63 bits per heavy atom. The standard InChI is InChI=1S/C13H11FN2O3/c1-15-10-6-11(16(17)18)8-13(7-10)19-12-4-2-3-9(14)5-12/h2-8,15H,1H3. The fourth-order valence-corrected chi connectivity index (χ4v) is 1.56. The summed E-state index contributed by atoms with van der Waals surface area (Å²) >= 11 is 0. The summed E-state index contributed by atoms with van der Waals surface area (Å²) in [5.74, 6) is 0.114. The lowest BCUT2D eigenvalue weighted by molar-refractivity contribution is -0.384.